The number of carbonyl (C=O) groups excluding carboxylic acids is 1. The van der Waals surface area contributed by atoms with E-state index in [0.29, 0.717) is 12.8 Å². The van der Waals surface area contributed by atoms with Gasteiger partial charge in [-0.15, -0.1) is 0 Å². The molecular weight excluding hydrogens is 256 g/mol. The Hall–Kier alpha value is -1.88. The minimum atomic E-state index is -0.794. The van der Waals surface area contributed by atoms with Crippen molar-refractivity contribution in [1.29, 1.82) is 0 Å². The van der Waals surface area contributed by atoms with Crippen molar-refractivity contribution in [1.82, 2.24) is 0 Å². The number of nitrogens with two attached hydrogens (primary N) is 1. The topological polar surface area (TPSA) is 92.4 Å². The first-order valence-corrected chi connectivity index (χ1v) is 6.85. The molecule has 0 saturated carbocycles. The summed E-state index contributed by atoms with van der Waals surface area (Å²) in [5.74, 6) is -0.708. The maximum Gasteiger partial charge on any atom is 0.303 e. The van der Waals surface area contributed by atoms with Crippen LogP contribution in [0.15, 0.2) is 18.2 Å². The van der Waals surface area contributed by atoms with Crippen molar-refractivity contribution in [3.63, 3.8) is 0 Å². The van der Waals surface area contributed by atoms with Gasteiger partial charge in [0.2, 0.25) is 5.91 Å². The lowest BCUT2D eigenvalue weighted by atomic mass is 9.92. The van der Waals surface area contributed by atoms with E-state index in [9.17, 15) is 9.59 Å². The van der Waals surface area contributed by atoms with Gasteiger partial charge in [-0.3, -0.25) is 9.59 Å². The molecule has 0 saturated heterocycles. The number of carbonyl (C=O) groups is 2. The highest BCUT2D eigenvalue weighted by Crippen LogP contribution is 2.28. The molecule has 5 heteroatoms. The number of hydrogen-bond donors (Lipinski definition) is 3. The van der Waals surface area contributed by atoms with Crippen molar-refractivity contribution in [2.45, 2.75) is 38.6 Å². The van der Waals surface area contributed by atoms with Gasteiger partial charge in [0.25, 0.3) is 0 Å². The summed E-state index contributed by atoms with van der Waals surface area (Å²) in [6, 6.07) is 5.63. The minimum absolute atomic E-state index is 0.0400. The molecule has 2 unspecified atom stereocenters. The van der Waals surface area contributed by atoms with Gasteiger partial charge >= 0.3 is 5.97 Å². The first-order valence-electron chi connectivity index (χ1n) is 6.85. The fraction of sp³-hybridized carbons (Fsp3) is 0.467. The van der Waals surface area contributed by atoms with Crippen molar-refractivity contribution in [3.8, 4) is 0 Å². The number of rotatable bonds is 5. The fourth-order valence-electron chi connectivity index (χ4n) is 2.58. The second-order valence-corrected chi connectivity index (χ2v) is 5.51. The third kappa shape index (κ3) is 3.57. The number of carboxylic acids is 1. The van der Waals surface area contributed by atoms with E-state index in [4.69, 9.17) is 10.8 Å². The van der Waals surface area contributed by atoms with Crippen LogP contribution >= 0.6 is 0 Å². The van der Waals surface area contributed by atoms with Crippen molar-refractivity contribution in [2.75, 3.05) is 5.32 Å². The Morgan fingerprint density at radius 1 is 1.45 bits per heavy atom. The van der Waals surface area contributed by atoms with Gasteiger partial charge in [-0.1, -0.05) is 19.1 Å². The van der Waals surface area contributed by atoms with E-state index < -0.39 is 5.97 Å². The third-order valence-corrected chi connectivity index (χ3v) is 3.63. The number of nitrogens with one attached hydrogen (secondary N) is 1. The fourth-order valence-corrected chi connectivity index (χ4v) is 2.58. The summed E-state index contributed by atoms with van der Waals surface area (Å²) in [5.41, 5.74) is 9.11. The number of carboxylic acid groups (broad SMARTS) is 1. The number of aryl methyl sites for hydroxylation is 1. The number of benzene rings is 1. The number of amides is 1. The van der Waals surface area contributed by atoms with Crippen molar-refractivity contribution >= 4 is 17.6 Å². The second kappa shape index (κ2) is 6.05. The quantitative estimate of drug-likeness (QED) is 0.767. The monoisotopic (exact) mass is 276 g/mol. The molecular formula is C15H20N2O3. The zero-order chi connectivity index (χ0) is 14.7. The molecule has 1 aromatic rings. The minimum Gasteiger partial charge on any atom is -0.481 e. The summed E-state index contributed by atoms with van der Waals surface area (Å²) in [5, 5.41) is 11.6. The molecule has 1 amide bonds. The van der Waals surface area contributed by atoms with Gasteiger partial charge in [0.1, 0.15) is 0 Å². The molecule has 1 heterocycles. The van der Waals surface area contributed by atoms with Crippen molar-refractivity contribution in [2.24, 2.45) is 11.7 Å². The molecule has 0 bridgehead atoms. The molecule has 1 aliphatic rings. The number of hydrogen-bond acceptors (Lipinski definition) is 3. The molecule has 0 fully saturated rings. The number of aliphatic carboxylic acids is 1. The van der Waals surface area contributed by atoms with Gasteiger partial charge in [0.05, 0.1) is 0 Å². The summed E-state index contributed by atoms with van der Waals surface area (Å²) < 4.78 is 0. The molecule has 108 valence electrons. The highest BCUT2D eigenvalue weighted by molar-refractivity contribution is 5.93. The standard InChI is InChI=1S/C15H20N2O3/c1-9(7-15(19)20)6-12(16)10-2-4-13-11(8-10)3-5-14(18)17-13/h2,4,8-9,12H,3,5-7,16H2,1H3,(H,17,18)(H,19,20). The van der Waals surface area contributed by atoms with Crippen LogP contribution in [0.5, 0.6) is 0 Å². The van der Waals surface area contributed by atoms with Crippen LogP contribution in [0.3, 0.4) is 0 Å². The van der Waals surface area contributed by atoms with Crippen molar-refractivity contribution < 1.29 is 14.7 Å². The van der Waals surface area contributed by atoms with Crippen molar-refractivity contribution in [3.05, 3.63) is 29.3 Å². The average molecular weight is 276 g/mol. The lowest BCUT2D eigenvalue weighted by molar-refractivity contribution is -0.138. The van der Waals surface area contributed by atoms with E-state index in [0.717, 1.165) is 23.2 Å². The summed E-state index contributed by atoms with van der Waals surface area (Å²) in [6.45, 7) is 1.90. The van der Waals surface area contributed by atoms with E-state index >= 15 is 0 Å². The van der Waals surface area contributed by atoms with Crippen LogP contribution in [0.1, 0.15) is 43.4 Å². The van der Waals surface area contributed by atoms with Gasteiger partial charge in [0.15, 0.2) is 0 Å². The summed E-state index contributed by atoms with van der Waals surface area (Å²) in [7, 11) is 0. The number of anilines is 1. The Morgan fingerprint density at radius 3 is 2.90 bits per heavy atom. The molecule has 1 aromatic carbocycles. The zero-order valence-electron chi connectivity index (χ0n) is 11.6. The van der Waals surface area contributed by atoms with Crippen LogP contribution in [0.4, 0.5) is 5.69 Å². The van der Waals surface area contributed by atoms with Gasteiger partial charge in [-0.25, -0.2) is 0 Å². The average Bonchev–Trinajstić information content (AvgIpc) is 2.36. The van der Waals surface area contributed by atoms with Gasteiger partial charge in [0, 0.05) is 24.6 Å². The van der Waals surface area contributed by atoms with Crippen LogP contribution in [0, 0.1) is 5.92 Å². The molecule has 0 radical (unpaired) electrons. The first-order chi connectivity index (χ1) is 9.45. The van der Waals surface area contributed by atoms with Gasteiger partial charge in [-0.2, -0.15) is 0 Å². The maximum absolute atomic E-state index is 11.3. The zero-order valence-corrected chi connectivity index (χ0v) is 11.6. The van der Waals surface area contributed by atoms with E-state index in [1.54, 1.807) is 0 Å². The molecule has 0 aliphatic carbocycles. The Labute approximate surface area is 118 Å². The maximum atomic E-state index is 11.3. The summed E-state index contributed by atoms with van der Waals surface area (Å²) in [4.78, 5) is 22.0. The van der Waals surface area contributed by atoms with E-state index in [-0.39, 0.29) is 24.3 Å². The molecule has 2 atom stereocenters. The third-order valence-electron chi connectivity index (χ3n) is 3.63. The Balaban J connectivity index is 2.05. The summed E-state index contributed by atoms with van der Waals surface area (Å²) >= 11 is 0. The smallest absolute Gasteiger partial charge is 0.303 e. The van der Waals surface area contributed by atoms with Crippen LogP contribution in [0.2, 0.25) is 0 Å². The Bertz CT molecular complexity index is 528. The van der Waals surface area contributed by atoms with E-state index in [1.807, 2.05) is 25.1 Å². The number of fused-ring (bicyclic) bond motifs is 1. The molecule has 2 rings (SSSR count). The molecule has 0 aromatic heterocycles. The van der Waals surface area contributed by atoms with E-state index in [1.165, 1.54) is 0 Å². The Kier molecular flexibility index (Phi) is 4.39. The largest absolute Gasteiger partial charge is 0.481 e. The van der Waals surface area contributed by atoms with Gasteiger partial charge in [-0.05, 0) is 36.0 Å². The van der Waals surface area contributed by atoms with E-state index in [2.05, 4.69) is 5.32 Å². The predicted molar refractivity (Wildman–Crippen MR) is 76.4 cm³/mol. The molecule has 1 aliphatic heterocycles. The van der Waals surface area contributed by atoms with Crippen LogP contribution in [0.25, 0.3) is 0 Å². The Morgan fingerprint density at radius 2 is 2.20 bits per heavy atom. The summed E-state index contributed by atoms with van der Waals surface area (Å²) in [6.07, 6.45) is 2.00. The lowest BCUT2D eigenvalue weighted by Crippen LogP contribution is -2.20. The van der Waals surface area contributed by atoms with Crippen LogP contribution < -0.4 is 11.1 Å². The molecule has 5 nitrogen and oxygen atoms in total. The SMILES string of the molecule is CC(CC(=O)O)CC(N)c1ccc2c(c1)CCC(=O)N2. The van der Waals surface area contributed by atoms with Crippen LogP contribution in [-0.2, 0) is 16.0 Å². The highest BCUT2D eigenvalue weighted by Gasteiger charge is 2.18. The molecule has 20 heavy (non-hydrogen) atoms. The van der Waals surface area contributed by atoms with Crippen LogP contribution in [-0.4, -0.2) is 17.0 Å². The normalized spacial score (nSPS) is 17.0. The first kappa shape index (κ1) is 14.5. The van der Waals surface area contributed by atoms with Gasteiger partial charge < -0.3 is 16.2 Å². The lowest BCUT2D eigenvalue weighted by Gasteiger charge is -2.21. The second-order valence-electron chi connectivity index (χ2n) is 5.51. The highest BCUT2D eigenvalue weighted by atomic mass is 16.4. The molecule has 4 N–H and O–H groups in total. The predicted octanol–water partition coefficient (Wildman–Crippen LogP) is 2.07. The molecule has 0 spiro atoms.